The Bertz CT molecular complexity index is 309. The van der Waals surface area contributed by atoms with Crippen LogP contribution in [0, 0.1) is 11.8 Å². The lowest BCUT2D eigenvalue weighted by Crippen LogP contribution is -2.60. The summed E-state index contributed by atoms with van der Waals surface area (Å²) >= 11 is 0. The van der Waals surface area contributed by atoms with Crippen LogP contribution in [0.1, 0.15) is 45.4 Å². The highest BCUT2D eigenvalue weighted by molar-refractivity contribution is 5.80. The van der Waals surface area contributed by atoms with E-state index >= 15 is 0 Å². The van der Waals surface area contributed by atoms with Gasteiger partial charge in [-0.15, -0.1) is 0 Å². The van der Waals surface area contributed by atoms with Gasteiger partial charge in [-0.1, -0.05) is 19.8 Å². The smallest absolute Gasteiger partial charge is 0.325 e. The van der Waals surface area contributed by atoms with Crippen molar-refractivity contribution in [1.29, 1.82) is 0 Å². The number of likely N-dealkylation sites (N-methyl/N-ethyl adjacent to an activating group) is 1. The molecule has 19 heavy (non-hydrogen) atoms. The fourth-order valence-electron chi connectivity index (χ4n) is 3.53. The zero-order chi connectivity index (χ0) is 13.9. The summed E-state index contributed by atoms with van der Waals surface area (Å²) in [5.41, 5.74) is -0.711. The quantitative estimate of drug-likeness (QED) is 0.741. The van der Waals surface area contributed by atoms with Crippen molar-refractivity contribution >= 4 is 5.97 Å². The van der Waals surface area contributed by atoms with Crippen LogP contribution >= 0.6 is 0 Å². The zero-order valence-electron chi connectivity index (χ0n) is 12.3. The van der Waals surface area contributed by atoms with Crippen LogP contribution in [0.4, 0.5) is 0 Å². The molecular weight excluding hydrogens is 240 g/mol. The van der Waals surface area contributed by atoms with Gasteiger partial charge in [0, 0.05) is 6.54 Å². The van der Waals surface area contributed by atoms with Gasteiger partial charge in [-0.2, -0.15) is 0 Å². The summed E-state index contributed by atoms with van der Waals surface area (Å²) in [4.78, 5) is 14.0. The number of piperidine rings is 1. The second-order valence-corrected chi connectivity index (χ2v) is 6.31. The maximum Gasteiger partial charge on any atom is 0.325 e. The SMILES string of the molecule is CCCC1CCN(CC(NC)(C(=O)O)C2CC2)CC1. The molecule has 2 fully saturated rings. The van der Waals surface area contributed by atoms with Crippen LogP contribution in [0.25, 0.3) is 0 Å². The molecule has 0 aromatic carbocycles. The van der Waals surface area contributed by atoms with Gasteiger partial charge in [0.1, 0.15) is 5.54 Å². The van der Waals surface area contributed by atoms with E-state index in [0.717, 1.165) is 31.8 Å². The van der Waals surface area contributed by atoms with Crippen LogP contribution in [0.15, 0.2) is 0 Å². The first-order valence-corrected chi connectivity index (χ1v) is 7.77. The lowest BCUT2D eigenvalue weighted by molar-refractivity contribution is -0.147. The Balaban J connectivity index is 1.90. The Labute approximate surface area is 116 Å². The third-order valence-electron chi connectivity index (χ3n) is 4.98. The Morgan fingerprint density at radius 3 is 2.37 bits per heavy atom. The van der Waals surface area contributed by atoms with Gasteiger partial charge in [-0.05, 0) is 57.7 Å². The van der Waals surface area contributed by atoms with Crippen molar-refractivity contribution in [1.82, 2.24) is 10.2 Å². The maximum atomic E-state index is 11.7. The highest BCUT2D eigenvalue weighted by Crippen LogP contribution is 2.40. The molecule has 0 radical (unpaired) electrons. The van der Waals surface area contributed by atoms with Crippen LogP contribution in [-0.4, -0.2) is 48.2 Å². The van der Waals surface area contributed by atoms with Gasteiger partial charge >= 0.3 is 5.97 Å². The van der Waals surface area contributed by atoms with Gasteiger partial charge < -0.3 is 15.3 Å². The van der Waals surface area contributed by atoms with E-state index in [9.17, 15) is 9.90 Å². The number of nitrogens with one attached hydrogen (secondary N) is 1. The highest BCUT2D eigenvalue weighted by Gasteiger charge is 2.51. The first-order valence-electron chi connectivity index (χ1n) is 7.77. The summed E-state index contributed by atoms with van der Waals surface area (Å²) in [5, 5.41) is 12.7. The Morgan fingerprint density at radius 2 is 1.95 bits per heavy atom. The predicted octanol–water partition coefficient (Wildman–Crippen LogP) is 1.95. The summed E-state index contributed by atoms with van der Waals surface area (Å²) < 4.78 is 0. The first-order chi connectivity index (χ1) is 9.12. The molecule has 2 N–H and O–H groups in total. The summed E-state index contributed by atoms with van der Waals surface area (Å²) in [6, 6.07) is 0. The number of carboxylic acids is 1. The van der Waals surface area contributed by atoms with Crippen LogP contribution in [0.2, 0.25) is 0 Å². The van der Waals surface area contributed by atoms with E-state index in [1.165, 1.54) is 25.7 Å². The fourth-order valence-corrected chi connectivity index (χ4v) is 3.53. The minimum atomic E-state index is -0.711. The number of nitrogens with zero attached hydrogens (tertiary/aromatic N) is 1. The van der Waals surface area contributed by atoms with Gasteiger partial charge in [0.15, 0.2) is 0 Å². The van der Waals surface area contributed by atoms with E-state index in [2.05, 4.69) is 17.1 Å². The minimum absolute atomic E-state index is 0.323. The maximum absolute atomic E-state index is 11.7. The Hall–Kier alpha value is -0.610. The number of hydrogen-bond acceptors (Lipinski definition) is 3. The Morgan fingerprint density at radius 1 is 1.32 bits per heavy atom. The number of aliphatic carboxylic acids is 1. The number of rotatable bonds is 7. The van der Waals surface area contributed by atoms with E-state index in [1.54, 1.807) is 7.05 Å². The van der Waals surface area contributed by atoms with Gasteiger partial charge in [-0.3, -0.25) is 4.79 Å². The molecule has 0 spiro atoms. The molecule has 1 unspecified atom stereocenters. The molecule has 1 heterocycles. The van der Waals surface area contributed by atoms with E-state index in [0.29, 0.717) is 12.5 Å². The summed E-state index contributed by atoms with van der Waals surface area (Å²) in [7, 11) is 1.80. The Kier molecular flexibility index (Phi) is 4.85. The van der Waals surface area contributed by atoms with Crippen LogP contribution in [0.3, 0.4) is 0 Å². The molecule has 110 valence electrons. The summed E-state index contributed by atoms with van der Waals surface area (Å²) in [5.74, 6) is 0.507. The van der Waals surface area contributed by atoms with Gasteiger partial charge in [0.05, 0.1) is 0 Å². The average molecular weight is 268 g/mol. The predicted molar refractivity (Wildman–Crippen MR) is 76.2 cm³/mol. The van der Waals surface area contributed by atoms with Crippen molar-refractivity contribution in [2.24, 2.45) is 11.8 Å². The largest absolute Gasteiger partial charge is 0.480 e. The molecule has 1 saturated heterocycles. The highest BCUT2D eigenvalue weighted by atomic mass is 16.4. The second kappa shape index (κ2) is 6.23. The summed E-state index contributed by atoms with van der Waals surface area (Å²) in [6.45, 7) is 5.04. The third-order valence-corrected chi connectivity index (χ3v) is 4.98. The lowest BCUT2D eigenvalue weighted by Gasteiger charge is -2.39. The molecule has 1 aliphatic carbocycles. The van der Waals surface area contributed by atoms with E-state index < -0.39 is 11.5 Å². The van der Waals surface area contributed by atoms with Gasteiger partial charge in [0.2, 0.25) is 0 Å². The standard InChI is InChI=1S/C15H28N2O2/c1-3-4-12-7-9-17(10-8-12)11-15(16-2,14(18)19)13-5-6-13/h12-13,16H,3-11H2,1-2H3,(H,18,19). The third kappa shape index (κ3) is 3.29. The van der Waals surface area contributed by atoms with E-state index in [-0.39, 0.29) is 0 Å². The van der Waals surface area contributed by atoms with Crippen LogP contribution in [0.5, 0.6) is 0 Å². The molecule has 2 rings (SSSR count). The molecular formula is C15H28N2O2. The molecule has 2 aliphatic rings. The average Bonchev–Trinajstić information content (AvgIpc) is 3.22. The molecule has 1 saturated carbocycles. The monoisotopic (exact) mass is 268 g/mol. The zero-order valence-corrected chi connectivity index (χ0v) is 12.3. The van der Waals surface area contributed by atoms with Crippen molar-refractivity contribution in [2.75, 3.05) is 26.7 Å². The molecule has 4 heteroatoms. The number of hydrogen-bond donors (Lipinski definition) is 2. The number of carbonyl (C=O) groups is 1. The van der Waals surface area contributed by atoms with E-state index in [1.807, 2.05) is 0 Å². The number of likely N-dealkylation sites (tertiary alicyclic amines) is 1. The molecule has 0 bridgehead atoms. The van der Waals surface area contributed by atoms with Crippen LogP contribution in [-0.2, 0) is 4.79 Å². The molecule has 1 atom stereocenters. The topological polar surface area (TPSA) is 52.6 Å². The van der Waals surface area contributed by atoms with Crippen molar-refractivity contribution in [3.8, 4) is 0 Å². The molecule has 4 nitrogen and oxygen atoms in total. The first kappa shape index (κ1) is 14.8. The molecule has 0 aromatic rings. The summed E-state index contributed by atoms with van der Waals surface area (Å²) in [6.07, 6.45) is 7.17. The van der Waals surface area contributed by atoms with E-state index in [4.69, 9.17) is 0 Å². The second-order valence-electron chi connectivity index (χ2n) is 6.31. The van der Waals surface area contributed by atoms with Gasteiger partial charge in [0.25, 0.3) is 0 Å². The minimum Gasteiger partial charge on any atom is -0.480 e. The fraction of sp³-hybridized carbons (Fsp3) is 0.933. The van der Waals surface area contributed by atoms with Crippen molar-refractivity contribution in [2.45, 2.75) is 51.0 Å². The van der Waals surface area contributed by atoms with Gasteiger partial charge in [-0.25, -0.2) is 0 Å². The van der Waals surface area contributed by atoms with Crippen molar-refractivity contribution in [3.63, 3.8) is 0 Å². The number of carboxylic acid groups (broad SMARTS) is 1. The van der Waals surface area contributed by atoms with Crippen molar-refractivity contribution in [3.05, 3.63) is 0 Å². The lowest BCUT2D eigenvalue weighted by atomic mass is 9.88. The molecule has 1 aliphatic heterocycles. The molecule has 0 aromatic heterocycles. The molecule has 0 amide bonds. The van der Waals surface area contributed by atoms with Crippen LogP contribution < -0.4 is 5.32 Å². The van der Waals surface area contributed by atoms with Crippen molar-refractivity contribution < 1.29 is 9.90 Å². The normalized spacial score (nSPS) is 25.2.